The minimum atomic E-state index is 0.585. The number of rotatable bonds is 5. The summed E-state index contributed by atoms with van der Waals surface area (Å²) in [7, 11) is 0. The van der Waals surface area contributed by atoms with Gasteiger partial charge in [0.2, 0.25) is 0 Å². The molecule has 1 N–H and O–H groups in total. The van der Waals surface area contributed by atoms with Crippen molar-refractivity contribution >= 4 is 10.9 Å². The van der Waals surface area contributed by atoms with E-state index in [1.807, 2.05) is 0 Å². The molecule has 2 heteroatoms. The third kappa shape index (κ3) is 2.64. The molecule has 0 bridgehead atoms. The zero-order chi connectivity index (χ0) is 11.4. The summed E-state index contributed by atoms with van der Waals surface area (Å²) in [4.78, 5) is 0. The Labute approximate surface area is 97.3 Å². The molecule has 0 aliphatic heterocycles. The first-order chi connectivity index (χ1) is 7.77. The Morgan fingerprint density at radius 1 is 1.19 bits per heavy atom. The average Bonchev–Trinajstić information content (AvgIpc) is 2.68. The summed E-state index contributed by atoms with van der Waals surface area (Å²) in [6.07, 6.45) is 3.36. The van der Waals surface area contributed by atoms with Gasteiger partial charge in [0, 0.05) is 24.3 Å². The summed E-state index contributed by atoms with van der Waals surface area (Å²) < 4.78 is 2.33. The lowest BCUT2D eigenvalue weighted by Gasteiger charge is -2.09. The number of para-hydroxylation sites is 1. The molecule has 0 aliphatic carbocycles. The summed E-state index contributed by atoms with van der Waals surface area (Å²) in [6.45, 7) is 6.55. The van der Waals surface area contributed by atoms with E-state index in [4.69, 9.17) is 0 Å². The fraction of sp³-hybridized carbons (Fsp3) is 0.429. The van der Waals surface area contributed by atoms with Crippen LogP contribution in [0.25, 0.3) is 10.9 Å². The summed E-state index contributed by atoms with van der Waals surface area (Å²) in [5.41, 5.74) is 1.34. The van der Waals surface area contributed by atoms with Crippen LogP contribution in [0.4, 0.5) is 0 Å². The highest BCUT2D eigenvalue weighted by Crippen LogP contribution is 2.15. The molecule has 1 aromatic heterocycles. The normalized spacial score (nSPS) is 11.4. The first-order valence-corrected chi connectivity index (χ1v) is 6.04. The van der Waals surface area contributed by atoms with E-state index >= 15 is 0 Å². The van der Waals surface area contributed by atoms with Crippen LogP contribution < -0.4 is 5.32 Å². The zero-order valence-corrected chi connectivity index (χ0v) is 10.1. The topological polar surface area (TPSA) is 17.0 Å². The van der Waals surface area contributed by atoms with Crippen LogP contribution in [0.1, 0.15) is 20.3 Å². The first kappa shape index (κ1) is 11.2. The largest absolute Gasteiger partial charge is 0.347 e. The molecule has 1 heterocycles. The molecule has 0 radical (unpaired) electrons. The molecule has 2 nitrogen and oxygen atoms in total. The molecule has 2 aromatic rings. The molecule has 0 unspecified atom stereocenters. The molecule has 0 saturated carbocycles. The van der Waals surface area contributed by atoms with E-state index in [2.05, 4.69) is 60.3 Å². The molecule has 86 valence electrons. The molecule has 0 fully saturated rings. The van der Waals surface area contributed by atoms with Crippen molar-refractivity contribution in [1.82, 2.24) is 9.88 Å². The molecular weight excluding hydrogens is 196 g/mol. The van der Waals surface area contributed by atoms with E-state index in [1.54, 1.807) is 0 Å². The number of nitrogens with zero attached hydrogens (tertiary/aromatic N) is 1. The van der Waals surface area contributed by atoms with Gasteiger partial charge in [-0.05, 0) is 30.5 Å². The Balaban J connectivity index is 1.94. The van der Waals surface area contributed by atoms with Crippen molar-refractivity contribution in [2.45, 2.75) is 32.9 Å². The average molecular weight is 216 g/mol. The predicted molar refractivity (Wildman–Crippen MR) is 69.7 cm³/mol. The van der Waals surface area contributed by atoms with Crippen molar-refractivity contribution in [2.75, 3.05) is 6.54 Å². The third-order valence-electron chi connectivity index (χ3n) is 2.81. The van der Waals surface area contributed by atoms with Crippen molar-refractivity contribution in [3.8, 4) is 0 Å². The number of aryl methyl sites for hydroxylation is 1. The lowest BCUT2D eigenvalue weighted by Crippen LogP contribution is -2.24. The molecule has 0 saturated heterocycles. The Hall–Kier alpha value is -1.28. The Kier molecular flexibility index (Phi) is 3.62. The molecule has 0 aliphatic rings. The van der Waals surface area contributed by atoms with E-state index in [9.17, 15) is 0 Å². The highest BCUT2D eigenvalue weighted by molar-refractivity contribution is 5.79. The fourth-order valence-electron chi connectivity index (χ4n) is 1.98. The maximum Gasteiger partial charge on any atom is 0.0480 e. The van der Waals surface area contributed by atoms with Gasteiger partial charge in [-0.15, -0.1) is 0 Å². The van der Waals surface area contributed by atoms with Crippen LogP contribution in [-0.2, 0) is 6.54 Å². The number of benzene rings is 1. The molecular formula is C14H20N2. The maximum atomic E-state index is 3.44. The van der Waals surface area contributed by atoms with Crippen LogP contribution in [0.3, 0.4) is 0 Å². The fourth-order valence-corrected chi connectivity index (χ4v) is 1.98. The quantitative estimate of drug-likeness (QED) is 0.760. The van der Waals surface area contributed by atoms with E-state index in [0.29, 0.717) is 6.04 Å². The third-order valence-corrected chi connectivity index (χ3v) is 2.81. The molecule has 0 atom stereocenters. The second kappa shape index (κ2) is 5.17. The van der Waals surface area contributed by atoms with Crippen molar-refractivity contribution in [2.24, 2.45) is 0 Å². The summed E-state index contributed by atoms with van der Waals surface area (Å²) >= 11 is 0. The van der Waals surface area contributed by atoms with Gasteiger partial charge in [-0.3, -0.25) is 0 Å². The van der Waals surface area contributed by atoms with E-state index < -0.39 is 0 Å². The van der Waals surface area contributed by atoms with Gasteiger partial charge in [0.1, 0.15) is 0 Å². The Morgan fingerprint density at radius 2 is 2.00 bits per heavy atom. The second-order valence-corrected chi connectivity index (χ2v) is 4.53. The molecule has 1 aromatic carbocycles. The van der Waals surface area contributed by atoms with Crippen molar-refractivity contribution < 1.29 is 0 Å². The standard InChI is InChI=1S/C14H20N2/c1-12(2)15-9-5-10-16-11-8-13-6-3-4-7-14(13)16/h3-4,6-8,11-12,15H,5,9-10H2,1-2H3. The van der Waals surface area contributed by atoms with Gasteiger partial charge < -0.3 is 9.88 Å². The highest BCUT2D eigenvalue weighted by atomic mass is 15.0. The van der Waals surface area contributed by atoms with Gasteiger partial charge in [0.15, 0.2) is 0 Å². The first-order valence-electron chi connectivity index (χ1n) is 6.04. The Morgan fingerprint density at radius 3 is 2.81 bits per heavy atom. The molecule has 2 rings (SSSR count). The van der Waals surface area contributed by atoms with Gasteiger partial charge in [-0.2, -0.15) is 0 Å². The van der Waals surface area contributed by atoms with Gasteiger partial charge >= 0.3 is 0 Å². The van der Waals surface area contributed by atoms with Crippen LogP contribution in [0.5, 0.6) is 0 Å². The minimum Gasteiger partial charge on any atom is -0.347 e. The second-order valence-electron chi connectivity index (χ2n) is 4.53. The maximum absolute atomic E-state index is 3.44. The van der Waals surface area contributed by atoms with Crippen LogP contribution in [0, 0.1) is 0 Å². The molecule has 0 spiro atoms. The lowest BCUT2D eigenvalue weighted by atomic mass is 10.2. The lowest BCUT2D eigenvalue weighted by molar-refractivity contribution is 0.541. The predicted octanol–water partition coefficient (Wildman–Crippen LogP) is 3.03. The number of fused-ring (bicyclic) bond motifs is 1. The van der Waals surface area contributed by atoms with Crippen molar-refractivity contribution in [3.63, 3.8) is 0 Å². The van der Waals surface area contributed by atoms with Crippen LogP contribution in [-0.4, -0.2) is 17.2 Å². The van der Waals surface area contributed by atoms with Gasteiger partial charge in [0.05, 0.1) is 0 Å². The number of aromatic nitrogens is 1. The summed E-state index contributed by atoms with van der Waals surface area (Å²) in [5, 5.41) is 4.78. The number of hydrogen-bond acceptors (Lipinski definition) is 1. The van der Waals surface area contributed by atoms with Gasteiger partial charge in [-0.1, -0.05) is 32.0 Å². The van der Waals surface area contributed by atoms with Crippen LogP contribution >= 0.6 is 0 Å². The van der Waals surface area contributed by atoms with Gasteiger partial charge in [-0.25, -0.2) is 0 Å². The SMILES string of the molecule is CC(C)NCCCn1ccc2ccccc21. The van der Waals surface area contributed by atoms with E-state index in [0.717, 1.165) is 13.1 Å². The summed E-state index contributed by atoms with van der Waals surface area (Å²) in [5.74, 6) is 0. The van der Waals surface area contributed by atoms with E-state index in [-0.39, 0.29) is 0 Å². The molecule has 0 amide bonds. The number of nitrogens with one attached hydrogen (secondary N) is 1. The van der Waals surface area contributed by atoms with E-state index in [1.165, 1.54) is 17.3 Å². The Bertz CT molecular complexity index is 443. The molecule has 16 heavy (non-hydrogen) atoms. The smallest absolute Gasteiger partial charge is 0.0480 e. The van der Waals surface area contributed by atoms with Crippen molar-refractivity contribution in [1.29, 1.82) is 0 Å². The monoisotopic (exact) mass is 216 g/mol. The van der Waals surface area contributed by atoms with Crippen molar-refractivity contribution in [3.05, 3.63) is 36.5 Å². The van der Waals surface area contributed by atoms with Gasteiger partial charge in [0.25, 0.3) is 0 Å². The van der Waals surface area contributed by atoms with Crippen LogP contribution in [0.2, 0.25) is 0 Å². The summed E-state index contributed by atoms with van der Waals surface area (Å²) in [6, 6.07) is 11.3. The highest BCUT2D eigenvalue weighted by Gasteiger charge is 1.99. The minimum absolute atomic E-state index is 0.585. The van der Waals surface area contributed by atoms with Crippen LogP contribution in [0.15, 0.2) is 36.5 Å². The number of hydrogen-bond donors (Lipinski definition) is 1. The zero-order valence-electron chi connectivity index (χ0n) is 10.1.